The number of benzene rings is 2. The quantitative estimate of drug-likeness (QED) is 0.434. The standard InChI is InChI=1S/C18H20N2O5S/c1-3-18(17(21)22,16(20-19)13-7-5-4-6-8-13)25-14-9-11-15(12-10-14)26(2,23)24/h4-12H,3,19H2,1-2H3,(H,21,22)/b20-16-. The number of carbonyl (C=O) groups is 1. The highest BCUT2D eigenvalue weighted by atomic mass is 32.2. The minimum absolute atomic E-state index is 0.0566. The van der Waals surface area contributed by atoms with Gasteiger partial charge in [-0.25, -0.2) is 13.2 Å². The molecule has 0 radical (unpaired) electrons. The zero-order valence-electron chi connectivity index (χ0n) is 14.4. The Bertz CT molecular complexity index is 908. The molecule has 0 saturated heterocycles. The second kappa shape index (κ2) is 7.57. The minimum atomic E-state index is -3.36. The molecular weight excluding hydrogens is 356 g/mol. The lowest BCUT2D eigenvalue weighted by Gasteiger charge is -2.30. The van der Waals surface area contributed by atoms with Gasteiger partial charge in [0.15, 0.2) is 9.84 Å². The Morgan fingerprint density at radius 2 is 1.73 bits per heavy atom. The van der Waals surface area contributed by atoms with Gasteiger partial charge in [-0.2, -0.15) is 5.10 Å². The van der Waals surface area contributed by atoms with Crippen molar-refractivity contribution in [3.63, 3.8) is 0 Å². The predicted octanol–water partition coefficient (Wildman–Crippen LogP) is 2.07. The first-order chi connectivity index (χ1) is 12.2. The second-order valence-corrected chi connectivity index (χ2v) is 7.69. The van der Waals surface area contributed by atoms with Gasteiger partial charge in [-0.1, -0.05) is 37.3 Å². The summed E-state index contributed by atoms with van der Waals surface area (Å²) in [5.41, 5.74) is -1.23. The van der Waals surface area contributed by atoms with Crippen molar-refractivity contribution in [1.29, 1.82) is 0 Å². The number of aliphatic carboxylic acids is 1. The van der Waals surface area contributed by atoms with Gasteiger partial charge in [0.1, 0.15) is 11.5 Å². The molecule has 0 aliphatic carbocycles. The monoisotopic (exact) mass is 376 g/mol. The van der Waals surface area contributed by atoms with E-state index >= 15 is 0 Å². The minimum Gasteiger partial charge on any atom is -0.478 e. The predicted molar refractivity (Wildman–Crippen MR) is 98.0 cm³/mol. The Labute approximate surface area is 152 Å². The van der Waals surface area contributed by atoms with Gasteiger partial charge in [0.25, 0.3) is 0 Å². The van der Waals surface area contributed by atoms with Crippen molar-refractivity contribution in [2.75, 3.05) is 6.26 Å². The average molecular weight is 376 g/mol. The highest BCUT2D eigenvalue weighted by Gasteiger charge is 2.46. The summed E-state index contributed by atoms with van der Waals surface area (Å²) in [5.74, 6) is 4.45. The number of carboxylic acid groups (broad SMARTS) is 1. The molecule has 138 valence electrons. The van der Waals surface area contributed by atoms with Gasteiger partial charge in [-0.3, -0.25) is 0 Å². The maximum atomic E-state index is 12.1. The van der Waals surface area contributed by atoms with Crippen molar-refractivity contribution in [3.05, 3.63) is 60.2 Å². The van der Waals surface area contributed by atoms with Crippen molar-refractivity contribution in [3.8, 4) is 5.75 Å². The molecule has 0 fully saturated rings. The van der Waals surface area contributed by atoms with Crippen molar-refractivity contribution in [2.45, 2.75) is 23.8 Å². The summed E-state index contributed by atoms with van der Waals surface area (Å²) >= 11 is 0. The zero-order valence-corrected chi connectivity index (χ0v) is 15.2. The summed E-state index contributed by atoms with van der Waals surface area (Å²) < 4.78 is 28.9. The van der Waals surface area contributed by atoms with Crippen molar-refractivity contribution in [1.82, 2.24) is 0 Å². The van der Waals surface area contributed by atoms with E-state index in [4.69, 9.17) is 10.6 Å². The van der Waals surface area contributed by atoms with Crippen LogP contribution in [-0.2, 0) is 14.6 Å². The van der Waals surface area contributed by atoms with Gasteiger partial charge in [0.05, 0.1) is 4.90 Å². The molecule has 2 aromatic rings. The second-order valence-electron chi connectivity index (χ2n) is 5.68. The van der Waals surface area contributed by atoms with E-state index in [2.05, 4.69) is 5.10 Å². The SMILES string of the molecule is CCC(Oc1ccc(S(C)(=O)=O)cc1)(C(=O)O)/C(=N\N)c1ccccc1. The van der Waals surface area contributed by atoms with Crippen molar-refractivity contribution < 1.29 is 23.1 Å². The molecule has 0 spiro atoms. The molecule has 0 bridgehead atoms. The van der Waals surface area contributed by atoms with Crippen LogP contribution in [0.2, 0.25) is 0 Å². The van der Waals surface area contributed by atoms with Crippen LogP contribution in [0.5, 0.6) is 5.75 Å². The summed E-state index contributed by atoms with van der Waals surface area (Å²) in [4.78, 5) is 12.2. The fourth-order valence-electron chi connectivity index (χ4n) is 2.55. The number of carboxylic acids is 1. The number of nitrogens with two attached hydrogens (primary N) is 1. The third-order valence-electron chi connectivity index (χ3n) is 3.95. The molecule has 0 aliphatic rings. The highest BCUT2D eigenvalue weighted by molar-refractivity contribution is 7.90. The van der Waals surface area contributed by atoms with Crippen LogP contribution in [0.3, 0.4) is 0 Å². The fourth-order valence-corrected chi connectivity index (χ4v) is 3.18. The van der Waals surface area contributed by atoms with Crippen LogP contribution in [0.15, 0.2) is 64.6 Å². The zero-order chi connectivity index (χ0) is 19.4. The van der Waals surface area contributed by atoms with Gasteiger partial charge in [0, 0.05) is 18.2 Å². The molecule has 0 saturated carbocycles. The summed E-state index contributed by atoms with van der Waals surface area (Å²) in [6.45, 7) is 1.65. The van der Waals surface area contributed by atoms with Gasteiger partial charge >= 0.3 is 5.97 Å². The first-order valence-corrected chi connectivity index (χ1v) is 9.70. The van der Waals surface area contributed by atoms with Gasteiger partial charge in [-0.15, -0.1) is 0 Å². The molecule has 2 aromatic carbocycles. The van der Waals surface area contributed by atoms with Crippen LogP contribution in [0.25, 0.3) is 0 Å². The van der Waals surface area contributed by atoms with E-state index in [1.807, 2.05) is 0 Å². The molecule has 0 amide bonds. The van der Waals surface area contributed by atoms with E-state index in [0.29, 0.717) is 5.56 Å². The van der Waals surface area contributed by atoms with Crippen LogP contribution >= 0.6 is 0 Å². The number of nitrogens with zero attached hydrogens (tertiary/aromatic N) is 1. The lowest BCUT2D eigenvalue weighted by Crippen LogP contribution is -2.52. The molecule has 0 heterocycles. The third kappa shape index (κ3) is 3.85. The van der Waals surface area contributed by atoms with E-state index in [-0.39, 0.29) is 22.8 Å². The van der Waals surface area contributed by atoms with Gasteiger partial charge < -0.3 is 15.7 Å². The lowest BCUT2D eigenvalue weighted by atomic mass is 9.89. The van der Waals surface area contributed by atoms with E-state index < -0.39 is 21.4 Å². The maximum Gasteiger partial charge on any atom is 0.354 e. The third-order valence-corrected chi connectivity index (χ3v) is 5.07. The molecule has 7 nitrogen and oxygen atoms in total. The normalized spacial score (nSPS) is 14.5. The molecule has 8 heteroatoms. The van der Waals surface area contributed by atoms with E-state index in [1.54, 1.807) is 37.3 Å². The Morgan fingerprint density at radius 3 is 2.15 bits per heavy atom. The first kappa shape index (κ1) is 19.5. The number of hydrogen-bond donors (Lipinski definition) is 2. The molecule has 1 atom stereocenters. The smallest absolute Gasteiger partial charge is 0.354 e. The van der Waals surface area contributed by atoms with Crippen LogP contribution < -0.4 is 10.6 Å². The lowest BCUT2D eigenvalue weighted by molar-refractivity contribution is -0.149. The summed E-state index contributed by atoms with van der Waals surface area (Å²) in [6.07, 6.45) is 1.14. The van der Waals surface area contributed by atoms with E-state index in [9.17, 15) is 18.3 Å². The van der Waals surface area contributed by atoms with Crippen LogP contribution in [-0.4, -0.2) is 37.1 Å². The summed E-state index contributed by atoms with van der Waals surface area (Å²) in [7, 11) is -3.36. The number of ether oxygens (including phenoxy) is 1. The number of hydrogen-bond acceptors (Lipinski definition) is 6. The first-order valence-electron chi connectivity index (χ1n) is 7.81. The molecule has 1 unspecified atom stereocenters. The molecule has 2 rings (SSSR count). The van der Waals surface area contributed by atoms with E-state index in [0.717, 1.165) is 6.26 Å². The topological polar surface area (TPSA) is 119 Å². The van der Waals surface area contributed by atoms with Crippen molar-refractivity contribution in [2.24, 2.45) is 10.9 Å². The van der Waals surface area contributed by atoms with Crippen LogP contribution in [0.4, 0.5) is 0 Å². The van der Waals surface area contributed by atoms with E-state index in [1.165, 1.54) is 24.3 Å². The Morgan fingerprint density at radius 1 is 1.15 bits per heavy atom. The summed E-state index contributed by atoms with van der Waals surface area (Å²) in [5, 5.41) is 13.6. The van der Waals surface area contributed by atoms with Gasteiger partial charge in [-0.05, 0) is 24.3 Å². The molecule has 26 heavy (non-hydrogen) atoms. The Balaban J connectivity index is 2.49. The largest absolute Gasteiger partial charge is 0.478 e. The Hall–Kier alpha value is -2.87. The van der Waals surface area contributed by atoms with Crippen molar-refractivity contribution >= 4 is 21.5 Å². The number of rotatable bonds is 7. The average Bonchev–Trinajstić information content (AvgIpc) is 2.61. The molecular formula is C18H20N2O5S. The number of hydrazone groups is 1. The highest BCUT2D eigenvalue weighted by Crippen LogP contribution is 2.27. The van der Waals surface area contributed by atoms with Crippen LogP contribution in [0, 0.1) is 0 Å². The molecule has 3 N–H and O–H groups in total. The molecule has 0 aromatic heterocycles. The molecule has 0 aliphatic heterocycles. The maximum absolute atomic E-state index is 12.1. The number of sulfone groups is 1. The Kier molecular flexibility index (Phi) is 5.66. The van der Waals surface area contributed by atoms with Crippen LogP contribution in [0.1, 0.15) is 18.9 Å². The summed E-state index contributed by atoms with van der Waals surface area (Å²) in [6, 6.07) is 14.2. The fraction of sp³-hybridized carbons (Fsp3) is 0.222. The van der Waals surface area contributed by atoms with Gasteiger partial charge in [0.2, 0.25) is 5.60 Å².